The van der Waals surface area contributed by atoms with Gasteiger partial charge in [-0.1, -0.05) is 30.3 Å². The fraction of sp³-hybridized carbons (Fsp3) is 0.321. The molecule has 0 aliphatic rings. The number of anilines is 1. The molecule has 3 rings (SSSR count). The van der Waals surface area contributed by atoms with E-state index in [9.17, 15) is 0 Å². The Hall–Kier alpha value is -3.02. The van der Waals surface area contributed by atoms with E-state index in [-0.39, 0.29) is 12.4 Å². The van der Waals surface area contributed by atoms with Crippen molar-refractivity contribution in [3.05, 3.63) is 84.4 Å². The van der Waals surface area contributed by atoms with E-state index in [1.165, 1.54) is 0 Å². The van der Waals surface area contributed by atoms with Crippen molar-refractivity contribution < 1.29 is 9.47 Å². The van der Waals surface area contributed by atoms with E-state index in [0.29, 0.717) is 18.7 Å². The maximum absolute atomic E-state index is 5.98. The molecule has 0 unspecified atom stereocenters. The average molecular weight is 482 g/mol. The largest absolute Gasteiger partial charge is 0.497 e. The first-order valence-corrected chi connectivity index (χ1v) is 11.5. The van der Waals surface area contributed by atoms with Crippen molar-refractivity contribution in [1.82, 2.24) is 4.90 Å². The van der Waals surface area contributed by atoms with Crippen LogP contribution in [0.15, 0.2) is 83.9 Å². The summed E-state index contributed by atoms with van der Waals surface area (Å²) in [5.74, 6) is 2.45. The Morgan fingerprint density at radius 3 is 1.97 bits per heavy atom. The molecule has 0 radical (unpaired) electrons. The molecule has 1 N–H and O–H groups in total. The number of amidine groups is 1. The van der Waals surface area contributed by atoms with Gasteiger partial charge in [0.1, 0.15) is 23.9 Å². The molecule has 0 aliphatic heterocycles. The van der Waals surface area contributed by atoms with Crippen LogP contribution in [0.2, 0.25) is 0 Å². The summed E-state index contributed by atoms with van der Waals surface area (Å²) >= 11 is 0. The maximum Gasteiger partial charge on any atom is 0.138 e. The molecule has 0 bridgehead atoms. The Kier molecular flexibility index (Phi) is 10.9. The SMILES string of the molecule is COc1ccc(NC(=Nc2ccc(OCCN(C(C)C)C(C)C)cc2)c2ccccc2)cc1.Cl. The van der Waals surface area contributed by atoms with Gasteiger partial charge in [-0.3, -0.25) is 4.90 Å². The summed E-state index contributed by atoms with van der Waals surface area (Å²) in [5.41, 5.74) is 2.81. The van der Waals surface area contributed by atoms with E-state index in [1.807, 2.05) is 78.9 Å². The molecule has 6 heteroatoms. The lowest BCUT2D eigenvalue weighted by Gasteiger charge is -2.30. The lowest BCUT2D eigenvalue weighted by atomic mass is 10.2. The second kappa shape index (κ2) is 13.6. The molecular formula is C28H36ClN3O2. The van der Waals surface area contributed by atoms with Gasteiger partial charge in [0.25, 0.3) is 0 Å². The molecule has 0 fully saturated rings. The summed E-state index contributed by atoms with van der Waals surface area (Å²) in [6.07, 6.45) is 0. The highest BCUT2D eigenvalue weighted by Crippen LogP contribution is 2.21. The topological polar surface area (TPSA) is 46.1 Å². The minimum Gasteiger partial charge on any atom is -0.497 e. The van der Waals surface area contributed by atoms with Crippen LogP contribution in [0.25, 0.3) is 0 Å². The third-order valence-corrected chi connectivity index (χ3v) is 5.42. The normalized spacial score (nSPS) is 11.5. The summed E-state index contributed by atoms with van der Waals surface area (Å²) < 4.78 is 11.2. The van der Waals surface area contributed by atoms with Crippen LogP contribution < -0.4 is 14.8 Å². The summed E-state index contributed by atoms with van der Waals surface area (Å²) in [7, 11) is 1.66. The standard InChI is InChI=1S/C28H35N3O2.ClH/c1-21(2)31(22(3)4)19-20-33-27-17-13-25(14-18-27)30-28(23-9-7-6-8-10-23)29-24-11-15-26(32-5)16-12-24;/h6-18,21-22H,19-20H2,1-5H3,(H,29,30);1H. The highest BCUT2D eigenvalue weighted by molar-refractivity contribution is 6.09. The van der Waals surface area contributed by atoms with Crippen LogP contribution in [0.1, 0.15) is 33.3 Å². The van der Waals surface area contributed by atoms with Gasteiger partial charge in [-0.25, -0.2) is 4.99 Å². The van der Waals surface area contributed by atoms with Gasteiger partial charge in [0.05, 0.1) is 12.8 Å². The van der Waals surface area contributed by atoms with Gasteiger partial charge in [-0.2, -0.15) is 0 Å². The Morgan fingerprint density at radius 2 is 1.41 bits per heavy atom. The van der Waals surface area contributed by atoms with E-state index in [0.717, 1.165) is 40.8 Å². The number of halogens is 1. The number of ether oxygens (including phenoxy) is 2. The van der Waals surface area contributed by atoms with Gasteiger partial charge in [0, 0.05) is 29.9 Å². The molecule has 182 valence electrons. The molecule has 0 atom stereocenters. The lowest BCUT2D eigenvalue weighted by molar-refractivity contribution is 0.142. The molecule has 0 aromatic heterocycles. The first kappa shape index (κ1) is 27.2. The van der Waals surface area contributed by atoms with E-state index < -0.39 is 0 Å². The van der Waals surface area contributed by atoms with Gasteiger partial charge in [-0.15, -0.1) is 12.4 Å². The van der Waals surface area contributed by atoms with Crippen LogP contribution >= 0.6 is 12.4 Å². The Bertz CT molecular complexity index is 996. The zero-order chi connectivity index (χ0) is 23.6. The summed E-state index contributed by atoms with van der Waals surface area (Å²) in [5, 5.41) is 3.44. The van der Waals surface area contributed by atoms with Crippen LogP contribution in [0.5, 0.6) is 11.5 Å². The van der Waals surface area contributed by atoms with Crippen molar-refractivity contribution in [3.63, 3.8) is 0 Å². The fourth-order valence-electron chi connectivity index (χ4n) is 3.70. The summed E-state index contributed by atoms with van der Waals surface area (Å²) in [6, 6.07) is 26.8. The molecule has 34 heavy (non-hydrogen) atoms. The van der Waals surface area contributed by atoms with Crippen molar-refractivity contribution >= 4 is 29.6 Å². The first-order chi connectivity index (χ1) is 16.0. The van der Waals surface area contributed by atoms with Crippen LogP contribution in [0, 0.1) is 0 Å². The second-order valence-corrected chi connectivity index (χ2v) is 8.45. The third kappa shape index (κ3) is 8.08. The number of aliphatic imine (C=N–C) groups is 1. The smallest absolute Gasteiger partial charge is 0.138 e. The van der Waals surface area contributed by atoms with E-state index in [2.05, 4.69) is 37.9 Å². The molecule has 3 aromatic rings. The molecular weight excluding hydrogens is 446 g/mol. The van der Waals surface area contributed by atoms with Crippen molar-refractivity contribution in [1.29, 1.82) is 0 Å². The van der Waals surface area contributed by atoms with Crippen LogP contribution in [0.4, 0.5) is 11.4 Å². The first-order valence-electron chi connectivity index (χ1n) is 11.5. The predicted octanol–water partition coefficient (Wildman–Crippen LogP) is 6.81. The monoisotopic (exact) mass is 481 g/mol. The zero-order valence-electron chi connectivity index (χ0n) is 20.7. The minimum absolute atomic E-state index is 0. The molecule has 0 spiro atoms. The average Bonchev–Trinajstić information content (AvgIpc) is 2.83. The minimum atomic E-state index is 0. The van der Waals surface area contributed by atoms with Gasteiger partial charge in [-0.05, 0) is 76.2 Å². The number of methoxy groups -OCH3 is 1. The van der Waals surface area contributed by atoms with Crippen LogP contribution in [-0.4, -0.2) is 43.1 Å². The number of rotatable bonds is 10. The predicted molar refractivity (Wildman–Crippen MR) is 145 cm³/mol. The number of hydrogen-bond donors (Lipinski definition) is 1. The number of hydrogen-bond acceptors (Lipinski definition) is 4. The Balaban J connectivity index is 0.00000408. The van der Waals surface area contributed by atoms with Crippen molar-refractivity contribution in [2.45, 2.75) is 39.8 Å². The highest BCUT2D eigenvalue weighted by Gasteiger charge is 2.13. The quantitative estimate of drug-likeness (QED) is 0.255. The lowest BCUT2D eigenvalue weighted by Crippen LogP contribution is -2.39. The van der Waals surface area contributed by atoms with E-state index in [1.54, 1.807) is 7.11 Å². The second-order valence-electron chi connectivity index (χ2n) is 8.45. The third-order valence-electron chi connectivity index (χ3n) is 5.42. The van der Waals surface area contributed by atoms with Gasteiger partial charge >= 0.3 is 0 Å². The molecule has 0 amide bonds. The molecule has 5 nitrogen and oxygen atoms in total. The van der Waals surface area contributed by atoms with Crippen LogP contribution in [-0.2, 0) is 0 Å². The Morgan fingerprint density at radius 1 is 0.824 bits per heavy atom. The number of nitrogens with zero attached hydrogens (tertiary/aromatic N) is 2. The van der Waals surface area contributed by atoms with Crippen molar-refractivity contribution in [3.8, 4) is 11.5 Å². The molecule has 3 aromatic carbocycles. The van der Waals surface area contributed by atoms with Crippen molar-refractivity contribution in [2.75, 3.05) is 25.6 Å². The summed E-state index contributed by atoms with van der Waals surface area (Å²) in [4.78, 5) is 7.30. The maximum atomic E-state index is 5.98. The highest BCUT2D eigenvalue weighted by atomic mass is 35.5. The van der Waals surface area contributed by atoms with E-state index in [4.69, 9.17) is 14.5 Å². The fourth-order valence-corrected chi connectivity index (χ4v) is 3.70. The summed E-state index contributed by atoms with van der Waals surface area (Å²) in [6.45, 7) is 10.4. The number of nitrogens with one attached hydrogen (secondary N) is 1. The number of benzene rings is 3. The van der Waals surface area contributed by atoms with Gasteiger partial charge in [0.2, 0.25) is 0 Å². The van der Waals surface area contributed by atoms with Crippen LogP contribution in [0.3, 0.4) is 0 Å². The molecule has 0 heterocycles. The van der Waals surface area contributed by atoms with Crippen molar-refractivity contribution in [2.24, 2.45) is 4.99 Å². The van der Waals surface area contributed by atoms with Gasteiger partial charge in [0.15, 0.2) is 0 Å². The molecule has 0 aliphatic carbocycles. The Labute approximate surface area is 210 Å². The van der Waals surface area contributed by atoms with E-state index >= 15 is 0 Å². The molecule has 0 saturated carbocycles. The van der Waals surface area contributed by atoms with Gasteiger partial charge < -0.3 is 14.8 Å². The zero-order valence-corrected chi connectivity index (χ0v) is 21.5. The molecule has 0 saturated heterocycles.